The summed E-state index contributed by atoms with van der Waals surface area (Å²) in [6, 6.07) is 0.268. The maximum Gasteiger partial charge on any atom is 0.323 e. The third-order valence-corrected chi connectivity index (χ3v) is 4.76. The first-order chi connectivity index (χ1) is 9.14. The number of nitrogens with one attached hydrogen (secondary N) is 1. The van der Waals surface area contributed by atoms with Gasteiger partial charge in [0.05, 0.1) is 6.10 Å². The van der Waals surface area contributed by atoms with Crippen LogP contribution in [0.3, 0.4) is 0 Å². The number of nitrogens with two attached hydrogens (primary N) is 1. The Balaban J connectivity index is 2.02. The van der Waals surface area contributed by atoms with Gasteiger partial charge in [-0.2, -0.15) is 15.0 Å². The molecule has 1 aromatic heterocycles. The number of hydrogen-bond donors (Lipinski definition) is 2. The average molecular weight is 279 g/mol. The van der Waals surface area contributed by atoms with Gasteiger partial charge in [-0.1, -0.05) is 27.7 Å². The Bertz CT molecular complexity index is 484. The Morgan fingerprint density at radius 1 is 1.15 bits per heavy atom. The number of ether oxygens (including phenoxy) is 1. The second kappa shape index (κ2) is 4.75. The second-order valence-electron chi connectivity index (χ2n) is 6.84. The van der Waals surface area contributed by atoms with E-state index in [0.29, 0.717) is 22.7 Å². The van der Waals surface area contributed by atoms with Crippen LogP contribution in [0.15, 0.2) is 0 Å². The molecule has 112 valence electrons. The van der Waals surface area contributed by atoms with Crippen LogP contribution in [-0.4, -0.2) is 27.6 Å². The van der Waals surface area contributed by atoms with Gasteiger partial charge in [-0.3, -0.25) is 0 Å². The van der Waals surface area contributed by atoms with Crippen LogP contribution in [0, 0.1) is 16.7 Å². The van der Waals surface area contributed by atoms with Gasteiger partial charge in [-0.15, -0.1) is 0 Å². The van der Waals surface area contributed by atoms with Crippen molar-refractivity contribution in [2.45, 2.75) is 47.6 Å². The highest BCUT2D eigenvalue weighted by Gasteiger charge is 2.64. The van der Waals surface area contributed by atoms with Crippen LogP contribution < -0.4 is 15.8 Å². The first kappa shape index (κ1) is 14.8. The van der Waals surface area contributed by atoms with Crippen LogP contribution in [0.4, 0.5) is 11.9 Å². The first-order valence-corrected chi connectivity index (χ1v) is 7.06. The van der Waals surface area contributed by atoms with Crippen molar-refractivity contribution in [1.82, 2.24) is 15.0 Å². The van der Waals surface area contributed by atoms with Gasteiger partial charge in [-0.25, -0.2) is 0 Å². The molecule has 3 N–H and O–H groups in total. The smallest absolute Gasteiger partial charge is 0.323 e. The molecule has 0 bridgehead atoms. The average Bonchev–Trinajstić information content (AvgIpc) is 2.64. The lowest BCUT2D eigenvalue weighted by molar-refractivity contribution is 0.222. The highest BCUT2D eigenvalue weighted by atomic mass is 16.5. The summed E-state index contributed by atoms with van der Waals surface area (Å²) in [5.41, 5.74) is 6.34. The number of anilines is 2. The molecule has 2 rings (SSSR count). The largest absolute Gasteiger partial charge is 0.461 e. The molecule has 0 aromatic carbocycles. The number of nitrogen functional groups attached to an aromatic ring is 1. The van der Waals surface area contributed by atoms with E-state index in [1.54, 1.807) is 0 Å². The van der Waals surface area contributed by atoms with E-state index in [4.69, 9.17) is 10.5 Å². The minimum absolute atomic E-state index is 0.00551. The van der Waals surface area contributed by atoms with E-state index in [0.717, 1.165) is 6.54 Å². The van der Waals surface area contributed by atoms with Crippen LogP contribution >= 0.6 is 0 Å². The molecule has 0 saturated heterocycles. The third kappa shape index (κ3) is 2.64. The lowest BCUT2D eigenvalue weighted by Crippen LogP contribution is -2.15. The molecule has 1 aliphatic rings. The molecule has 0 spiro atoms. The molecular weight excluding hydrogens is 254 g/mol. The fourth-order valence-corrected chi connectivity index (χ4v) is 2.75. The normalized spacial score (nSPS) is 19.9. The quantitative estimate of drug-likeness (QED) is 0.860. The van der Waals surface area contributed by atoms with Crippen molar-refractivity contribution >= 4 is 11.9 Å². The Labute approximate surface area is 120 Å². The van der Waals surface area contributed by atoms with Crippen molar-refractivity contribution < 1.29 is 4.74 Å². The predicted octanol–water partition coefficient (Wildman–Crippen LogP) is 2.34. The van der Waals surface area contributed by atoms with Crippen LogP contribution in [0.25, 0.3) is 0 Å². The number of nitrogens with zero attached hydrogens (tertiary/aromatic N) is 3. The van der Waals surface area contributed by atoms with E-state index in [1.165, 1.54) is 0 Å². The molecule has 0 amide bonds. The van der Waals surface area contributed by atoms with Crippen molar-refractivity contribution in [3.8, 4) is 6.01 Å². The second-order valence-corrected chi connectivity index (χ2v) is 6.84. The number of aromatic nitrogens is 3. The van der Waals surface area contributed by atoms with Crippen molar-refractivity contribution in [1.29, 1.82) is 0 Å². The van der Waals surface area contributed by atoms with Gasteiger partial charge in [-0.05, 0) is 30.6 Å². The van der Waals surface area contributed by atoms with Crippen molar-refractivity contribution in [2.75, 3.05) is 17.6 Å². The predicted molar refractivity (Wildman–Crippen MR) is 79.5 cm³/mol. The molecule has 1 aliphatic carbocycles. The zero-order chi connectivity index (χ0) is 15.1. The number of rotatable bonds is 5. The van der Waals surface area contributed by atoms with Crippen LogP contribution in [0.2, 0.25) is 0 Å². The fourth-order valence-electron chi connectivity index (χ4n) is 2.75. The van der Waals surface area contributed by atoms with Crippen LogP contribution in [0.5, 0.6) is 6.01 Å². The molecule has 0 aliphatic heterocycles. The lowest BCUT2D eigenvalue weighted by atomic mass is 10.0. The summed E-state index contributed by atoms with van der Waals surface area (Å²) in [6.07, 6.45) is 0.00551. The van der Waals surface area contributed by atoms with Crippen LogP contribution in [0.1, 0.15) is 41.5 Å². The maximum atomic E-state index is 5.68. The Morgan fingerprint density at radius 2 is 1.75 bits per heavy atom. The van der Waals surface area contributed by atoms with E-state index < -0.39 is 0 Å². The molecule has 6 heteroatoms. The number of hydrogen-bond acceptors (Lipinski definition) is 6. The summed E-state index contributed by atoms with van der Waals surface area (Å²) in [5.74, 6) is 1.24. The summed E-state index contributed by atoms with van der Waals surface area (Å²) in [6.45, 7) is 13.8. The topological polar surface area (TPSA) is 86.0 Å². The van der Waals surface area contributed by atoms with Gasteiger partial charge >= 0.3 is 6.01 Å². The van der Waals surface area contributed by atoms with Crippen LogP contribution in [-0.2, 0) is 0 Å². The molecular formula is C14H25N5O. The standard InChI is InChI=1S/C14H25N5O/c1-8(2)20-12-18-10(15)17-11(19-12)16-7-9-13(3,4)14(9,5)6/h8-9H,7H2,1-6H3,(H3,15,16,17,18,19). The van der Waals surface area contributed by atoms with Crippen molar-refractivity contribution in [2.24, 2.45) is 16.7 Å². The van der Waals surface area contributed by atoms with Gasteiger partial charge in [0, 0.05) is 6.54 Å². The lowest BCUT2D eigenvalue weighted by Gasteiger charge is -2.10. The zero-order valence-electron chi connectivity index (χ0n) is 13.2. The Kier molecular flexibility index (Phi) is 3.52. The molecule has 1 heterocycles. The van der Waals surface area contributed by atoms with E-state index >= 15 is 0 Å². The molecule has 0 atom stereocenters. The monoisotopic (exact) mass is 279 g/mol. The summed E-state index contributed by atoms with van der Waals surface area (Å²) < 4.78 is 5.46. The molecule has 0 unspecified atom stereocenters. The minimum atomic E-state index is 0.00551. The summed E-state index contributed by atoms with van der Waals surface area (Å²) in [4.78, 5) is 12.3. The highest BCUT2D eigenvalue weighted by Crippen LogP contribution is 2.68. The molecule has 0 radical (unpaired) electrons. The highest BCUT2D eigenvalue weighted by molar-refractivity contribution is 5.33. The molecule has 6 nitrogen and oxygen atoms in total. The summed E-state index contributed by atoms with van der Waals surface area (Å²) in [5, 5.41) is 3.25. The summed E-state index contributed by atoms with van der Waals surface area (Å²) >= 11 is 0. The van der Waals surface area contributed by atoms with E-state index in [2.05, 4.69) is 48.0 Å². The van der Waals surface area contributed by atoms with Gasteiger partial charge in [0.15, 0.2) is 0 Å². The van der Waals surface area contributed by atoms with E-state index in [9.17, 15) is 0 Å². The maximum absolute atomic E-state index is 5.68. The minimum Gasteiger partial charge on any atom is -0.461 e. The van der Waals surface area contributed by atoms with Gasteiger partial charge in [0.25, 0.3) is 0 Å². The fraction of sp³-hybridized carbons (Fsp3) is 0.786. The molecule has 1 fully saturated rings. The third-order valence-electron chi connectivity index (χ3n) is 4.76. The van der Waals surface area contributed by atoms with Gasteiger partial charge in [0.1, 0.15) is 0 Å². The molecule has 1 saturated carbocycles. The molecule has 1 aromatic rings. The van der Waals surface area contributed by atoms with E-state index in [-0.39, 0.29) is 18.1 Å². The zero-order valence-corrected chi connectivity index (χ0v) is 13.2. The SMILES string of the molecule is CC(C)Oc1nc(N)nc(NCC2C(C)(C)C2(C)C)n1. The Hall–Kier alpha value is -1.59. The van der Waals surface area contributed by atoms with Gasteiger partial charge in [0.2, 0.25) is 11.9 Å². The van der Waals surface area contributed by atoms with Crippen molar-refractivity contribution in [3.05, 3.63) is 0 Å². The first-order valence-electron chi connectivity index (χ1n) is 7.06. The van der Waals surface area contributed by atoms with Crippen molar-refractivity contribution in [3.63, 3.8) is 0 Å². The molecule has 20 heavy (non-hydrogen) atoms. The Morgan fingerprint density at radius 3 is 2.25 bits per heavy atom. The van der Waals surface area contributed by atoms with E-state index in [1.807, 2.05) is 13.8 Å². The summed E-state index contributed by atoms with van der Waals surface area (Å²) in [7, 11) is 0. The van der Waals surface area contributed by atoms with Gasteiger partial charge < -0.3 is 15.8 Å².